The average molecular weight is 349 g/mol. The average Bonchev–Trinajstić information content (AvgIpc) is 2.50. The van der Waals surface area contributed by atoms with Crippen molar-refractivity contribution in [3.8, 4) is 0 Å². The van der Waals surface area contributed by atoms with Crippen molar-refractivity contribution in [1.29, 1.82) is 0 Å². The van der Waals surface area contributed by atoms with Crippen LogP contribution in [0.1, 0.15) is 19.8 Å². The van der Waals surface area contributed by atoms with Crippen LogP contribution in [-0.4, -0.2) is 97.5 Å². The highest BCUT2D eigenvalue weighted by molar-refractivity contribution is 5.75. The van der Waals surface area contributed by atoms with Gasteiger partial charge in [-0.25, -0.2) is 0 Å². The lowest BCUT2D eigenvalue weighted by molar-refractivity contribution is -0.869. The van der Waals surface area contributed by atoms with Gasteiger partial charge in [0, 0.05) is 13.0 Å². The van der Waals surface area contributed by atoms with Crippen molar-refractivity contribution in [2.45, 2.75) is 19.8 Å². The molecule has 7 nitrogen and oxygen atoms in total. The van der Waals surface area contributed by atoms with E-state index in [1.165, 1.54) is 0 Å². The molecule has 1 amide bonds. The van der Waals surface area contributed by atoms with Crippen LogP contribution in [0.3, 0.4) is 0 Å². The molecule has 0 aromatic rings. The first-order valence-corrected chi connectivity index (χ1v) is 8.84. The van der Waals surface area contributed by atoms with Gasteiger partial charge in [-0.05, 0) is 6.42 Å². The molecule has 24 heavy (non-hydrogen) atoms. The number of likely N-dealkylation sites (N-methyl/N-ethyl adjacent to an activating group) is 1. The molecule has 0 aromatic heterocycles. The van der Waals surface area contributed by atoms with E-state index in [-0.39, 0.29) is 5.91 Å². The van der Waals surface area contributed by atoms with E-state index in [2.05, 4.69) is 33.4 Å². The van der Waals surface area contributed by atoms with E-state index in [0.29, 0.717) is 59.2 Å². The minimum Gasteiger partial charge on any atom is -0.379 e. The van der Waals surface area contributed by atoms with Gasteiger partial charge in [0.2, 0.25) is 5.91 Å². The Hall–Kier alpha value is -0.730. The van der Waals surface area contributed by atoms with E-state index in [1.54, 1.807) is 0 Å². The number of carbonyl (C=O) groups is 1. The molecule has 0 saturated carbocycles. The van der Waals surface area contributed by atoms with Gasteiger partial charge >= 0.3 is 0 Å². The summed E-state index contributed by atoms with van der Waals surface area (Å²) < 4.78 is 22.2. The summed E-state index contributed by atoms with van der Waals surface area (Å²) in [6.07, 6.45) is 1.42. The van der Waals surface area contributed by atoms with Crippen LogP contribution in [0.2, 0.25) is 0 Å². The van der Waals surface area contributed by atoms with Gasteiger partial charge in [0.25, 0.3) is 0 Å². The number of quaternary nitrogens is 1. The number of rotatable bonds is 17. The third-order valence-electron chi connectivity index (χ3n) is 3.04. The maximum absolute atomic E-state index is 11.6. The normalized spacial score (nSPS) is 11.7. The molecule has 0 unspecified atom stereocenters. The summed E-state index contributed by atoms with van der Waals surface area (Å²) in [5, 5.41) is 2.89. The van der Waals surface area contributed by atoms with Crippen molar-refractivity contribution in [2.75, 3.05) is 87.1 Å². The second-order valence-electron chi connectivity index (χ2n) is 6.56. The van der Waals surface area contributed by atoms with Crippen LogP contribution in [0.5, 0.6) is 0 Å². The Labute approximate surface area is 147 Å². The molecule has 0 radical (unpaired) electrons. The molecule has 0 aliphatic rings. The Morgan fingerprint density at radius 2 is 1.25 bits per heavy atom. The van der Waals surface area contributed by atoms with E-state index in [0.717, 1.165) is 24.1 Å². The van der Waals surface area contributed by atoms with Gasteiger partial charge in [0.05, 0.1) is 80.5 Å². The van der Waals surface area contributed by atoms with Gasteiger partial charge in [-0.3, -0.25) is 4.79 Å². The van der Waals surface area contributed by atoms with Crippen molar-refractivity contribution in [3.63, 3.8) is 0 Å². The van der Waals surface area contributed by atoms with Crippen molar-refractivity contribution < 1.29 is 28.2 Å². The van der Waals surface area contributed by atoms with Gasteiger partial charge in [0.1, 0.15) is 0 Å². The Kier molecular flexibility index (Phi) is 15.3. The van der Waals surface area contributed by atoms with Crippen LogP contribution >= 0.6 is 0 Å². The molecule has 7 heteroatoms. The molecule has 0 fully saturated rings. The number of hydrogen-bond acceptors (Lipinski definition) is 5. The summed E-state index contributed by atoms with van der Waals surface area (Å²) >= 11 is 0. The standard InChI is InChI=1S/C17H36N2O5/c1-5-9-21-11-13-23-15-16-24-14-12-22-10-6-17(20)18-7-8-19(2,3)4/h5-16H2,1-4H3/p+1. The zero-order chi connectivity index (χ0) is 18.1. The number of nitrogens with zero attached hydrogens (tertiary/aromatic N) is 1. The number of ether oxygens (including phenoxy) is 4. The smallest absolute Gasteiger partial charge is 0.222 e. The predicted molar refractivity (Wildman–Crippen MR) is 94.1 cm³/mol. The molecule has 0 rings (SSSR count). The third-order valence-corrected chi connectivity index (χ3v) is 3.04. The molecule has 0 spiro atoms. The van der Waals surface area contributed by atoms with E-state index >= 15 is 0 Å². The Balaban J connectivity index is 3.18. The van der Waals surface area contributed by atoms with Crippen LogP contribution in [-0.2, 0) is 23.7 Å². The van der Waals surface area contributed by atoms with Gasteiger partial charge in [-0.15, -0.1) is 0 Å². The fraction of sp³-hybridized carbons (Fsp3) is 0.941. The molecular formula is C17H37N2O5+. The molecular weight excluding hydrogens is 312 g/mol. The third kappa shape index (κ3) is 19.3. The van der Waals surface area contributed by atoms with E-state index < -0.39 is 0 Å². The first-order chi connectivity index (χ1) is 11.5. The largest absolute Gasteiger partial charge is 0.379 e. The van der Waals surface area contributed by atoms with Gasteiger partial charge < -0.3 is 28.7 Å². The zero-order valence-electron chi connectivity index (χ0n) is 16.0. The summed E-state index contributed by atoms with van der Waals surface area (Å²) in [5.41, 5.74) is 0. The van der Waals surface area contributed by atoms with Crippen LogP contribution < -0.4 is 5.32 Å². The Morgan fingerprint density at radius 3 is 1.71 bits per heavy atom. The minimum absolute atomic E-state index is 0.0306. The quantitative estimate of drug-likeness (QED) is 0.309. The van der Waals surface area contributed by atoms with Gasteiger partial charge in [-0.1, -0.05) is 6.92 Å². The molecule has 0 saturated heterocycles. The van der Waals surface area contributed by atoms with Crippen LogP contribution in [0.15, 0.2) is 0 Å². The van der Waals surface area contributed by atoms with Crippen molar-refractivity contribution in [1.82, 2.24) is 5.32 Å². The monoisotopic (exact) mass is 349 g/mol. The van der Waals surface area contributed by atoms with Crippen molar-refractivity contribution in [2.24, 2.45) is 0 Å². The Morgan fingerprint density at radius 1 is 0.792 bits per heavy atom. The minimum atomic E-state index is 0.0306. The number of carbonyl (C=O) groups excluding carboxylic acids is 1. The van der Waals surface area contributed by atoms with Crippen LogP contribution in [0.25, 0.3) is 0 Å². The number of amides is 1. The van der Waals surface area contributed by atoms with Crippen molar-refractivity contribution >= 4 is 5.91 Å². The molecule has 0 atom stereocenters. The zero-order valence-corrected chi connectivity index (χ0v) is 16.0. The predicted octanol–water partition coefficient (Wildman–Crippen LogP) is 0.675. The van der Waals surface area contributed by atoms with E-state index in [9.17, 15) is 4.79 Å². The fourth-order valence-electron chi connectivity index (χ4n) is 1.69. The van der Waals surface area contributed by atoms with Crippen LogP contribution in [0.4, 0.5) is 0 Å². The van der Waals surface area contributed by atoms with Crippen molar-refractivity contribution in [3.05, 3.63) is 0 Å². The number of hydrogen-bond donors (Lipinski definition) is 1. The molecule has 0 heterocycles. The molecule has 0 aliphatic heterocycles. The molecule has 1 N–H and O–H groups in total. The SMILES string of the molecule is CCCOCCOCCOCCOCCC(=O)NCC[N+](C)(C)C. The maximum atomic E-state index is 11.6. The second kappa shape index (κ2) is 15.8. The first kappa shape index (κ1) is 23.3. The van der Waals surface area contributed by atoms with E-state index in [1.807, 2.05) is 0 Å². The molecule has 0 bridgehead atoms. The Bertz CT molecular complexity index is 295. The topological polar surface area (TPSA) is 66.0 Å². The highest BCUT2D eigenvalue weighted by atomic mass is 16.6. The molecule has 0 aromatic carbocycles. The fourth-order valence-corrected chi connectivity index (χ4v) is 1.69. The highest BCUT2D eigenvalue weighted by Gasteiger charge is 2.07. The maximum Gasteiger partial charge on any atom is 0.222 e. The lowest BCUT2D eigenvalue weighted by Gasteiger charge is -2.23. The molecule has 144 valence electrons. The number of nitrogens with one attached hydrogen (secondary N) is 1. The van der Waals surface area contributed by atoms with Gasteiger partial charge in [0.15, 0.2) is 0 Å². The summed E-state index contributed by atoms with van der Waals surface area (Å²) in [7, 11) is 6.29. The first-order valence-electron chi connectivity index (χ1n) is 8.84. The van der Waals surface area contributed by atoms with E-state index in [4.69, 9.17) is 18.9 Å². The molecule has 0 aliphatic carbocycles. The lowest BCUT2D eigenvalue weighted by Crippen LogP contribution is -2.42. The highest BCUT2D eigenvalue weighted by Crippen LogP contribution is 1.89. The summed E-state index contributed by atoms with van der Waals surface area (Å²) in [6.45, 7) is 8.22. The lowest BCUT2D eigenvalue weighted by atomic mass is 10.4. The summed E-state index contributed by atoms with van der Waals surface area (Å²) in [4.78, 5) is 11.6. The van der Waals surface area contributed by atoms with Gasteiger partial charge in [-0.2, -0.15) is 0 Å². The summed E-state index contributed by atoms with van der Waals surface area (Å²) in [5.74, 6) is 0.0306. The second-order valence-corrected chi connectivity index (χ2v) is 6.56. The summed E-state index contributed by atoms with van der Waals surface area (Å²) in [6, 6.07) is 0. The van der Waals surface area contributed by atoms with Crippen LogP contribution in [0, 0.1) is 0 Å².